The molecule has 2 aliphatic rings. The van der Waals surface area contributed by atoms with Crippen LogP contribution in [0.1, 0.15) is 12.0 Å². The van der Waals surface area contributed by atoms with Crippen molar-refractivity contribution in [2.24, 2.45) is 0 Å². The van der Waals surface area contributed by atoms with Crippen molar-refractivity contribution in [3.63, 3.8) is 0 Å². The van der Waals surface area contributed by atoms with Crippen LogP contribution >= 0.6 is 0 Å². The summed E-state index contributed by atoms with van der Waals surface area (Å²) in [4.78, 5) is 23.3. The number of benzene rings is 1. The fraction of sp³-hybridized carbons (Fsp3) is 0.500. The second-order valence-corrected chi connectivity index (χ2v) is 7.16. The maximum atomic E-state index is 11.9. The monoisotopic (exact) mass is 440 g/mol. The third-order valence-corrected chi connectivity index (χ3v) is 4.92. The van der Waals surface area contributed by atoms with Crippen LogP contribution in [0.3, 0.4) is 0 Å². The van der Waals surface area contributed by atoms with Crippen molar-refractivity contribution in [1.82, 2.24) is 0 Å². The van der Waals surface area contributed by atoms with E-state index >= 15 is 0 Å². The van der Waals surface area contributed by atoms with E-state index in [-0.39, 0.29) is 12.2 Å². The lowest BCUT2D eigenvalue weighted by atomic mass is 9.99. The van der Waals surface area contributed by atoms with Crippen LogP contribution in [0.25, 0.3) is 6.08 Å². The number of rotatable bonds is 7. The molecule has 3 rings (SSSR count). The predicted octanol–water partition coefficient (Wildman–Crippen LogP) is -1.55. The van der Waals surface area contributed by atoms with Gasteiger partial charge in [-0.05, 0) is 23.8 Å². The van der Waals surface area contributed by atoms with Crippen LogP contribution in [0.15, 0.2) is 30.3 Å². The SMILES string of the molecule is O=C(C=Cc1ccc(O)cc1)OCC1OC(OC2CC(=O)OC2CO)C(O)C(O)C1O. The summed E-state index contributed by atoms with van der Waals surface area (Å²) in [7, 11) is 0. The zero-order chi connectivity index (χ0) is 22.5. The molecule has 11 heteroatoms. The van der Waals surface area contributed by atoms with Crippen LogP contribution in [0.4, 0.5) is 0 Å². The smallest absolute Gasteiger partial charge is 0.330 e. The molecule has 5 N–H and O–H groups in total. The minimum Gasteiger partial charge on any atom is -0.508 e. The summed E-state index contributed by atoms with van der Waals surface area (Å²) in [5.74, 6) is -1.27. The number of ether oxygens (including phenoxy) is 4. The van der Waals surface area contributed by atoms with Gasteiger partial charge in [-0.15, -0.1) is 0 Å². The highest BCUT2D eigenvalue weighted by molar-refractivity contribution is 5.87. The minimum absolute atomic E-state index is 0.0829. The summed E-state index contributed by atoms with van der Waals surface area (Å²) in [6.07, 6.45) is -7.03. The lowest BCUT2D eigenvalue weighted by Gasteiger charge is -2.40. The number of esters is 2. The largest absolute Gasteiger partial charge is 0.508 e. The molecule has 0 aromatic heterocycles. The lowest BCUT2D eigenvalue weighted by Crippen LogP contribution is -2.60. The highest BCUT2D eigenvalue weighted by Crippen LogP contribution is 2.27. The van der Waals surface area contributed by atoms with Crippen molar-refractivity contribution in [3.8, 4) is 5.75 Å². The Labute approximate surface area is 177 Å². The first-order valence-corrected chi connectivity index (χ1v) is 9.58. The molecule has 0 saturated carbocycles. The molecule has 2 saturated heterocycles. The highest BCUT2D eigenvalue weighted by atomic mass is 16.7. The summed E-state index contributed by atoms with van der Waals surface area (Å²) >= 11 is 0. The second kappa shape index (κ2) is 10.2. The number of carbonyl (C=O) groups is 2. The predicted molar refractivity (Wildman–Crippen MR) is 101 cm³/mol. The molecular weight excluding hydrogens is 416 g/mol. The Morgan fingerprint density at radius 2 is 1.81 bits per heavy atom. The lowest BCUT2D eigenvalue weighted by molar-refractivity contribution is -0.314. The summed E-state index contributed by atoms with van der Waals surface area (Å²) < 4.78 is 20.8. The maximum Gasteiger partial charge on any atom is 0.330 e. The van der Waals surface area contributed by atoms with Gasteiger partial charge in [0.15, 0.2) is 12.4 Å². The number of aliphatic hydroxyl groups is 4. The molecule has 1 aromatic carbocycles. The van der Waals surface area contributed by atoms with Crippen molar-refractivity contribution < 1.29 is 54.1 Å². The van der Waals surface area contributed by atoms with Gasteiger partial charge < -0.3 is 44.5 Å². The average Bonchev–Trinajstić information content (AvgIpc) is 3.12. The van der Waals surface area contributed by atoms with Crippen molar-refractivity contribution in [2.75, 3.05) is 13.2 Å². The summed E-state index contributed by atoms with van der Waals surface area (Å²) in [6, 6.07) is 6.08. The van der Waals surface area contributed by atoms with Crippen LogP contribution < -0.4 is 0 Å². The molecule has 7 atom stereocenters. The van der Waals surface area contributed by atoms with Crippen molar-refractivity contribution in [3.05, 3.63) is 35.9 Å². The molecule has 1 aromatic rings. The number of aliphatic hydroxyl groups excluding tert-OH is 4. The van der Waals surface area contributed by atoms with Gasteiger partial charge in [0.1, 0.15) is 42.9 Å². The standard InChI is InChI=1S/C20H24O11/c21-8-13-12(7-16(24)29-13)30-20-19(27)18(26)17(25)14(31-20)9-28-15(23)6-3-10-1-4-11(22)5-2-10/h1-6,12-14,17-22,25-27H,7-9H2. The molecule has 0 amide bonds. The molecule has 7 unspecified atom stereocenters. The Hall–Kier alpha value is -2.54. The number of phenols is 1. The normalized spacial score (nSPS) is 33.4. The molecule has 31 heavy (non-hydrogen) atoms. The molecule has 11 nitrogen and oxygen atoms in total. The summed E-state index contributed by atoms with van der Waals surface area (Å²) in [5.41, 5.74) is 0.641. The van der Waals surface area contributed by atoms with E-state index in [2.05, 4.69) is 0 Å². The molecule has 2 fully saturated rings. The van der Waals surface area contributed by atoms with E-state index in [0.29, 0.717) is 5.56 Å². The highest BCUT2D eigenvalue weighted by Gasteiger charge is 2.47. The Morgan fingerprint density at radius 1 is 1.10 bits per heavy atom. The van der Waals surface area contributed by atoms with E-state index in [1.165, 1.54) is 18.2 Å². The molecule has 2 aliphatic heterocycles. The maximum absolute atomic E-state index is 11.9. The Morgan fingerprint density at radius 3 is 2.48 bits per heavy atom. The summed E-state index contributed by atoms with van der Waals surface area (Å²) in [5, 5.41) is 48.9. The summed E-state index contributed by atoms with van der Waals surface area (Å²) in [6.45, 7) is -0.952. The first-order valence-electron chi connectivity index (χ1n) is 9.58. The van der Waals surface area contributed by atoms with Crippen LogP contribution in [-0.2, 0) is 28.5 Å². The van der Waals surface area contributed by atoms with Crippen molar-refractivity contribution in [1.29, 1.82) is 0 Å². The first kappa shape index (κ1) is 23.1. The molecule has 170 valence electrons. The van der Waals surface area contributed by atoms with Gasteiger partial charge in [0.2, 0.25) is 0 Å². The van der Waals surface area contributed by atoms with Gasteiger partial charge in [-0.3, -0.25) is 4.79 Å². The zero-order valence-electron chi connectivity index (χ0n) is 16.3. The Kier molecular flexibility index (Phi) is 7.59. The Bertz CT molecular complexity index is 793. The van der Waals surface area contributed by atoms with E-state index in [4.69, 9.17) is 18.9 Å². The van der Waals surface area contributed by atoms with Gasteiger partial charge in [-0.1, -0.05) is 12.1 Å². The van der Waals surface area contributed by atoms with E-state index in [0.717, 1.165) is 6.08 Å². The fourth-order valence-corrected chi connectivity index (χ4v) is 3.18. The van der Waals surface area contributed by atoms with Crippen molar-refractivity contribution in [2.45, 2.75) is 49.3 Å². The molecular formula is C20H24O11. The topological polar surface area (TPSA) is 172 Å². The van der Waals surface area contributed by atoms with Gasteiger partial charge in [0.05, 0.1) is 13.0 Å². The quantitative estimate of drug-likeness (QED) is 0.245. The number of aromatic hydroxyl groups is 1. The number of phenolic OH excluding ortho intramolecular Hbond substituents is 1. The van der Waals surface area contributed by atoms with Crippen LogP contribution in [0.2, 0.25) is 0 Å². The van der Waals surface area contributed by atoms with Gasteiger partial charge in [-0.2, -0.15) is 0 Å². The van der Waals surface area contributed by atoms with Gasteiger partial charge in [-0.25, -0.2) is 4.79 Å². The minimum atomic E-state index is -1.67. The molecule has 0 radical (unpaired) electrons. The molecule has 0 spiro atoms. The van der Waals surface area contributed by atoms with E-state index in [1.807, 2.05) is 0 Å². The number of carbonyl (C=O) groups excluding carboxylic acids is 2. The number of hydrogen-bond donors (Lipinski definition) is 5. The van der Waals surface area contributed by atoms with Gasteiger partial charge >= 0.3 is 11.9 Å². The average molecular weight is 440 g/mol. The van der Waals surface area contributed by atoms with Crippen molar-refractivity contribution >= 4 is 18.0 Å². The van der Waals surface area contributed by atoms with Crippen LogP contribution in [0.5, 0.6) is 5.75 Å². The zero-order valence-corrected chi connectivity index (χ0v) is 16.3. The van der Waals surface area contributed by atoms with Crippen LogP contribution in [-0.4, -0.2) is 93.6 Å². The third-order valence-electron chi connectivity index (χ3n) is 4.92. The third kappa shape index (κ3) is 5.79. The van der Waals surface area contributed by atoms with E-state index in [9.17, 15) is 35.1 Å². The van der Waals surface area contributed by atoms with Gasteiger partial charge in [0, 0.05) is 6.08 Å². The fourth-order valence-electron chi connectivity index (χ4n) is 3.18. The Balaban J connectivity index is 1.56. The van der Waals surface area contributed by atoms with E-state index < -0.39 is 68.1 Å². The van der Waals surface area contributed by atoms with E-state index in [1.54, 1.807) is 12.1 Å². The second-order valence-electron chi connectivity index (χ2n) is 7.16. The van der Waals surface area contributed by atoms with Crippen LogP contribution in [0, 0.1) is 0 Å². The molecule has 0 bridgehead atoms. The number of cyclic esters (lactones) is 1. The molecule has 0 aliphatic carbocycles. The first-order chi connectivity index (χ1) is 14.8. The molecule has 2 heterocycles. The van der Waals surface area contributed by atoms with Gasteiger partial charge in [0.25, 0.3) is 0 Å². The number of hydrogen-bond acceptors (Lipinski definition) is 11.